The summed E-state index contributed by atoms with van der Waals surface area (Å²) in [7, 11) is 0. The van der Waals surface area contributed by atoms with Gasteiger partial charge in [0.15, 0.2) is 5.82 Å². The van der Waals surface area contributed by atoms with E-state index < -0.39 is 6.09 Å². The van der Waals surface area contributed by atoms with Gasteiger partial charge < -0.3 is 9.47 Å². The number of hydrogen-bond acceptors (Lipinski definition) is 4. The maximum Gasteiger partial charge on any atom is 0.418 e. The third-order valence-corrected chi connectivity index (χ3v) is 3.46. The van der Waals surface area contributed by atoms with Crippen LogP contribution in [-0.2, 0) is 0 Å². The molecule has 0 aliphatic carbocycles. The third-order valence-electron chi connectivity index (χ3n) is 3.12. The highest BCUT2D eigenvalue weighted by Gasteiger charge is 2.21. The van der Waals surface area contributed by atoms with E-state index in [0.29, 0.717) is 12.4 Å². The Morgan fingerprint density at radius 3 is 2.56 bits per heavy atom. The minimum Gasteiger partial charge on any atom is -0.476 e. The highest BCUT2D eigenvalue weighted by atomic mass is 35.5. The Morgan fingerprint density at radius 1 is 1.30 bits per heavy atom. The zero-order chi connectivity index (χ0) is 20.2. The fraction of sp³-hybridized carbons (Fsp3) is 0.300. The first-order chi connectivity index (χ1) is 13.1. The first kappa shape index (κ1) is 22.3. The molecule has 0 bridgehead atoms. The first-order valence-corrected chi connectivity index (χ1v) is 9.19. The van der Waals surface area contributed by atoms with Gasteiger partial charge in [0.1, 0.15) is 10.8 Å². The highest BCUT2D eigenvalue weighted by molar-refractivity contribution is 6.34. The van der Waals surface area contributed by atoms with Crippen LogP contribution in [0.5, 0.6) is 11.6 Å². The summed E-state index contributed by atoms with van der Waals surface area (Å²) >= 11 is 6.31. The van der Waals surface area contributed by atoms with E-state index in [0.717, 1.165) is 5.70 Å². The van der Waals surface area contributed by atoms with Gasteiger partial charge in [0.25, 0.3) is 5.88 Å². The Labute approximate surface area is 165 Å². The number of anilines is 1. The molecule has 1 heterocycles. The maximum atomic E-state index is 12.2. The zero-order valence-corrected chi connectivity index (χ0v) is 17.1. The van der Waals surface area contributed by atoms with Crippen LogP contribution in [0.15, 0.2) is 48.6 Å². The molecule has 7 heteroatoms. The molecule has 2 rings (SSSR count). The van der Waals surface area contributed by atoms with Gasteiger partial charge in [0.05, 0.1) is 6.61 Å². The summed E-state index contributed by atoms with van der Waals surface area (Å²) in [4.78, 5) is 12.2. The number of aromatic nitrogens is 2. The standard InChI is InChI=1S/C18H20ClN3O3.C2H6/c1-4-6-10-13(3)22-16(15(19)17(21-22)24-5-2)20-18(23)25-14-11-8-7-9-12-14;1-2/h4,6-12H,5H2,1-3H3,(H,20,23);1-2H3/b6-4-,13-10+;. The Hall–Kier alpha value is -2.73. The van der Waals surface area contributed by atoms with Gasteiger partial charge in [0, 0.05) is 5.70 Å². The quantitative estimate of drug-likeness (QED) is 0.612. The number of allylic oxidation sites excluding steroid dienone is 4. The predicted octanol–water partition coefficient (Wildman–Crippen LogP) is 6.01. The van der Waals surface area contributed by atoms with Crippen molar-refractivity contribution in [3.05, 3.63) is 53.6 Å². The van der Waals surface area contributed by atoms with Crippen LogP contribution in [0.3, 0.4) is 0 Å². The zero-order valence-electron chi connectivity index (χ0n) is 16.3. The lowest BCUT2D eigenvalue weighted by Crippen LogP contribution is -2.19. The second kappa shape index (κ2) is 11.8. The van der Waals surface area contributed by atoms with Crippen LogP contribution in [0.2, 0.25) is 5.02 Å². The van der Waals surface area contributed by atoms with E-state index in [9.17, 15) is 4.79 Å². The number of amides is 1. The molecule has 1 aromatic carbocycles. The van der Waals surface area contributed by atoms with Crippen LogP contribution in [0.4, 0.5) is 10.6 Å². The van der Waals surface area contributed by atoms with Crippen molar-refractivity contribution in [3.8, 4) is 11.6 Å². The average Bonchev–Trinajstić information content (AvgIpc) is 2.98. The molecule has 1 aromatic heterocycles. The highest BCUT2D eigenvalue weighted by Crippen LogP contribution is 2.34. The fourth-order valence-corrected chi connectivity index (χ4v) is 2.21. The lowest BCUT2D eigenvalue weighted by atomic mass is 10.3. The summed E-state index contributed by atoms with van der Waals surface area (Å²) in [5, 5.41) is 7.14. The van der Waals surface area contributed by atoms with E-state index in [4.69, 9.17) is 21.1 Å². The Morgan fingerprint density at radius 2 is 1.96 bits per heavy atom. The van der Waals surface area contributed by atoms with Crippen LogP contribution >= 0.6 is 11.6 Å². The smallest absolute Gasteiger partial charge is 0.418 e. The summed E-state index contributed by atoms with van der Waals surface area (Å²) in [6.45, 7) is 9.98. The molecule has 1 N–H and O–H groups in total. The molecule has 0 aliphatic rings. The van der Waals surface area contributed by atoms with Gasteiger partial charge in [-0.25, -0.2) is 9.48 Å². The number of ether oxygens (including phenoxy) is 2. The van der Waals surface area contributed by atoms with Crippen molar-refractivity contribution in [2.75, 3.05) is 11.9 Å². The van der Waals surface area contributed by atoms with Crippen LogP contribution in [0, 0.1) is 0 Å². The Balaban J connectivity index is 0.00000176. The molecule has 0 spiro atoms. The molecule has 0 unspecified atom stereocenters. The number of carbonyl (C=O) groups excluding carboxylic acids is 1. The molecule has 0 aliphatic heterocycles. The Kier molecular flexibility index (Phi) is 9.75. The van der Waals surface area contributed by atoms with Crippen molar-refractivity contribution in [2.45, 2.75) is 34.6 Å². The number of rotatable bonds is 6. The van der Waals surface area contributed by atoms with E-state index in [1.54, 1.807) is 24.3 Å². The van der Waals surface area contributed by atoms with Gasteiger partial charge in [-0.1, -0.05) is 55.8 Å². The SMILES string of the molecule is C/C=C\C=C(/C)n1nc(OCC)c(Cl)c1NC(=O)Oc1ccccc1.CC. The first-order valence-electron chi connectivity index (χ1n) is 8.82. The number of para-hydroxylation sites is 1. The van der Waals surface area contributed by atoms with Crippen LogP contribution in [0.1, 0.15) is 34.6 Å². The normalized spacial score (nSPS) is 11.0. The van der Waals surface area contributed by atoms with Crippen molar-refractivity contribution < 1.29 is 14.3 Å². The number of carbonyl (C=O) groups is 1. The van der Waals surface area contributed by atoms with Crippen LogP contribution < -0.4 is 14.8 Å². The van der Waals surface area contributed by atoms with E-state index in [1.807, 2.05) is 58.9 Å². The summed E-state index contributed by atoms with van der Waals surface area (Å²) in [6.07, 6.45) is 4.91. The lowest BCUT2D eigenvalue weighted by molar-refractivity contribution is 0.215. The molecule has 1 amide bonds. The third kappa shape index (κ3) is 6.49. The van der Waals surface area contributed by atoms with Crippen molar-refractivity contribution >= 4 is 29.2 Å². The van der Waals surface area contributed by atoms with Crippen molar-refractivity contribution in [2.24, 2.45) is 0 Å². The van der Waals surface area contributed by atoms with Gasteiger partial charge in [0.2, 0.25) is 0 Å². The topological polar surface area (TPSA) is 65.4 Å². The molecular weight excluding hydrogens is 366 g/mol. The van der Waals surface area contributed by atoms with Crippen LogP contribution in [0.25, 0.3) is 5.70 Å². The molecule has 0 atom stereocenters. The van der Waals surface area contributed by atoms with Gasteiger partial charge in [-0.3, -0.25) is 5.32 Å². The van der Waals surface area contributed by atoms with Gasteiger partial charge in [-0.2, -0.15) is 0 Å². The van der Waals surface area contributed by atoms with Gasteiger partial charge >= 0.3 is 6.09 Å². The Bertz CT molecular complexity index is 783. The summed E-state index contributed by atoms with van der Waals surface area (Å²) in [5.41, 5.74) is 0.751. The van der Waals surface area contributed by atoms with Gasteiger partial charge in [-0.05, 0) is 39.0 Å². The predicted molar refractivity (Wildman–Crippen MR) is 111 cm³/mol. The second-order valence-electron chi connectivity index (χ2n) is 4.97. The number of halogens is 1. The number of benzene rings is 1. The van der Waals surface area contributed by atoms with Gasteiger partial charge in [-0.15, -0.1) is 5.10 Å². The summed E-state index contributed by atoms with van der Waals surface area (Å²) in [5.74, 6) is 0.949. The largest absolute Gasteiger partial charge is 0.476 e. The average molecular weight is 392 g/mol. The number of nitrogens with zero attached hydrogens (tertiary/aromatic N) is 2. The molecule has 0 radical (unpaired) electrons. The van der Waals surface area contributed by atoms with Crippen LogP contribution in [-0.4, -0.2) is 22.5 Å². The van der Waals surface area contributed by atoms with E-state index in [1.165, 1.54) is 4.68 Å². The second-order valence-corrected chi connectivity index (χ2v) is 5.35. The van der Waals surface area contributed by atoms with E-state index in [-0.39, 0.29) is 16.7 Å². The van der Waals surface area contributed by atoms with Crippen molar-refractivity contribution in [1.29, 1.82) is 0 Å². The molecule has 2 aromatic rings. The van der Waals surface area contributed by atoms with E-state index in [2.05, 4.69) is 10.4 Å². The molecule has 0 fully saturated rings. The van der Waals surface area contributed by atoms with E-state index >= 15 is 0 Å². The van der Waals surface area contributed by atoms with Crippen molar-refractivity contribution in [1.82, 2.24) is 9.78 Å². The number of nitrogens with one attached hydrogen (secondary N) is 1. The minimum atomic E-state index is -0.670. The van der Waals surface area contributed by atoms with Crippen molar-refractivity contribution in [3.63, 3.8) is 0 Å². The monoisotopic (exact) mass is 391 g/mol. The molecular formula is C20H26ClN3O3. The molecule has 146 valence electrons. The number of hydrogen-bond donors (Lipinski definition) is 1. The summed E-state index contributed by atoms with van der Waals surface area (Å²) < 4.78 is 12.1. The molecule has 0 saturated carbocycles. The maximum absolute atomic E-state index is 12.2. The molecule has 27 heavy (non-hydrogen) atoms. The fourth-order valence-electron chi connectivity index (χ4n) is 1.99. The summed E-state index contributed by atoms with van der Waals surface area (Å²) in [6, 6.07) is 8.75. The molecule has 0 saturated heterocycles. The molecule has 6 nitrogen and oxygen atoms in total. The minimum absolute atomic E-state index is 0.208. The lowest BCUT2D eigenvalue weighted by Gasteiger charge is -2.09.